The Morgan fingerprint density at radius 2 is 1.93 bits per heavy atom. The highest BCUT2D eigenvalue weighted by molar-refractivity contribution is 5.81. The number of hydrogen-bond acceptors (Lipinski definition) is 5. The zero-order chi connectivity index (χ0) is 21.9. The summed E-state index contributed by atoms with van der Waals surface area (Å²) < 4.78 is 5.51. The van der Waals surface area contributed by atoms with Gasteiger partial charge in [-0.05, 0) is 38.6 Å². The second kappa shape index (κ2) is 13.1. The number of rotatable bonds is 10. The maximum atomic E-state index is 12.3. The smallest absolute Gasteiger partial charge is 0.239 e. The first-order valence-electron chi connectivity index (χ1n) is 11.7. The SMILES string of the molecule is CCNC(=NCC(C(C)C)N1CCOCC1)NCCCN1CCCC1C(=O)N(C)C. The molecule has 0 aromatic carbocycles. The van der Waals surface area contributed by atoms with Gasteiger partial charge in [-0.25, -0.2) is 0 Å². The van der Waals surface area contributed by atoms with Crippen molar-refractivity contribution < 1.29 is 9.53 Å². The van der Waals surface area contributed by atoms with E-state index in [0.29, 0.717) is 12.0 Å². The predicted octanol–water partition coefficient (Wildman–Crippen LogP) is 0.841. The normalized spacial score (nSPS) is 22.3. The Balaban J connectivity index is 1.80. The molecule has 2 rings (SSSR count). The van der Waals surface area contributed by atoms with Crippen molar-refractivity contribution in [3.05, 3.63) is 0 Å². The van der Waals surface area contributed by atoms with E-state index in [1.165, 1.54) is 0 Å². The van der Waals surface area contributed by atoms with E-state index in [-0.39, 0.29) is 11.9 Å². The third-order valence-electron chi connectivity index (χ3n) is 6.07. The number of ether oxygens (including phenoxy) is 1. The van der Waals surface area contributed by atoms with Gasteiger partial charge in [-0.2, -0.15) is 0 Å². The summed E-state index contributed by atoms with van der Waals surface area (Å²) in [6, 6.07) is 0.494. The van der Waals surface area contributed by atoms with Crippen LogP contribution in [-0.4, -0.2) is 112 Å². The van der Waals surface area contributed by atoms with Crippen molar-refractivity contribution in [2.45, 2.75) is 52.1 Å². The van der Waals surface area contributed by atoms with Crippen LogP contribution in [0.5, 0.6) is 0 Å². The molecule has 174 valence electrons. The molecule has 0 radical (unpaired) electrons. The van der Waals surface area contributed by atoms with Gasteiger partial charge in [0.05, 0.1) is 25.8 Å². The number of nitrogens with one attached hydrogen (secondary N) is 2. The molecule has 0 aromatic heterocycles. The number of carbonyl (C=O) groups is 1. The average Bonchev–Trinajstić information content (AvgIpc) is 3.19. The van der Waals surface area contributed by atoms with Crippen molar-refractivity contribution in [2.24, 2.45) is 10.9 Å². The number of carbonyl (C=O) groups excluding carboxylic acids is 1. The number of hydrogen-bond donors (Lipinski definition) is 2. The van der Waals surface area contributed by atoms with E-state index in [1.54, 1.807) is 4.90 Å². The number of nitrogens with zero attached hydrogens (tertiary/aromatic N) is 4. The van der Waals surface area contributed by atoms with E-state index >= 15 is 0 Å². The fourth-order valence-corrected chi connectivity index (χ4v) is 4.34. The summed E-state index contributed by atoms with van der Waals surface area (Å²) in [6.07, 6.45) is 3.09. The molecule has 2 fully saturated rings. The van der Waals surface area contributed by atoms with Gasteiger partial charge in [-0.3, -0.25) is 19.6 Å². The molecule has 1 amide bonds. The molecule has 2 heterocycles. The van der Waals surface area contributed by atoms with Gasteiger partial charge in [0.2, 0.25) is 5.91 Å². The van der Waals surface area contributed by atoms with Gasteiger partial charge in [0, 0.05) is 52.9 Å². The van der Waals surface area contributed by atoms with Gasteiger partial charge >= 0.3 is 0 Å². The van der Waals surface area contributed by atoms with Gasteiger partial charge in [0.15, 0.2) is 5.96 Å². The first-order valence-corrected chi connectivity index (χ1v) is 11.7. The molecular weight excluding hydrogens is 380 g/mol. The minimum Gasteiger partial charge on any atom is -0.379 e. The maximum Gasteiger partial charge on any atom is 0.239 e. The van der Waals surface area contributed by atoms with Gasteiger partial charge in [0.25, 0.3) is 0 Å². The van der Waals surface area contributed by atoms with E-state index in [1.807, 2.05) is 14.1 Å². The molecule has 2 aliphatic rings. The Bertz CT molecular complexity index is 534. The third-order valence-corrected chi connectivity index (χ3v) is 6.07. The monoisotopic (exact) mass is 424 g/mol. The topological polar surface area (TPSA) is 72.4 Å². The molecule has 0 bridgehead atoms. The van der Waals surface area contributed by atoms with E-state index in [0.717, 1.165) is 84.2 Å². The second-order valence-electron chi connectivity index (χ2n) is 8.89. The number of aliphatic imine (C=N–C) groups is 1. The van der Waals surface area contributed by atoms with Crippen LogP contribution in [0.15, 0.2) is 4.99 Å². The predicted molar refractivity (Wildman–Crippen MR) is 123 cm³/mol. The molecule has 2 atom stereocenters. The number of amides is 1. The van der Waals surface area contributed by atoms with E-state index in [4.69, 9.17) is 9.73 Å². The first kappa shape index (κ1) is 24.9. The Morgan fingerprint density at radius 1 is 1.20 bits per heavy atom. The standard InChI is InChI=1S/C22H44N6O2/c1-6-23-22(25-17-20(18(2)3)28-13-15-30-16-14-28)24-10-8-12-27-11-7-9-19(27)21(29)26(4)5/h18-20H,6-17H2,1-5H3,(H2,23,24,25). The average molecular weight is 425 g/mol. The van der Waals surface area contributed by atoms with E-state index in [9.17, 15) is 4.79 Å². The molecule has 0 spiro atoms. The Kier molecular flexibility index (Phi) is 10.9. The van der Waals surface area contributed by atoms with Crippen LogP contribution in [0.4, 0.5) is 0 Å². The Hall–Kier alpha value is -1.38. The van der Waals surface area contributed by atoms with E-state index in [2.05, 4.69) is 41.2 Å². The molecule has 8 heteroatoms. The van der Waals surface area contributed by atoms with Crippen molar-refractivity contribution in [1.82, 2.24) is 25.3 Å². The lowest BCUT2D eigenvalue weighted by molar-refractivity contribution is -0.133. The van der Waals surface area contributed by atoms with E-state index < -0.39 is 0 Å². The summed E-state index contributed by atoms with van der Waals surface area (Å²) in [7, 11) is 3.70. The molecular formula is C22H44N6O2. The summed E-state index contributed by atoms with van der Waals surface area (Å²) in [5.74, 6) is 1.67. The van der Waals surface area contributed by atoms with Gasteiger partial charge in [-0.15, -0.1) is 0 Å². The van der Waals surface area contributed by atoms with Crippen LogP contribution in [0.1, 0.15) is 40.0 Å². The van der Waals surface area contributed by atoms with Crippen molar-refractivity contribution in [3.8, 4) is 0 Å². The van der Waals surface area contributed by atoms with Crippen LogP contribution in [0.3, 0.4) is 0 Å². The van der Waals surface area contributed by atoms with Crippen molar-refractivity contribution >= 4 is 11.9 Å². The summed E-state index contributed by atoms with van der Waals surface area (Å²) >= 11 is 0. The highest BCUT2D eigenvalue weighted by atomic mass is 16.5. The molecule has 2 aliphatic heterocycles. The van der Waals surface area contributed by atoms with Crippen LogP contribution >= 0.6 is 0 Å². The van der Waals surface area contributed by atoms with Crippen LogP contribution < -0.4 is 10.6 Å². The van der Waals surface area contributed by atoms with Gasteiger partial charge in [-0.1, -0.05) is 13.8 Å². The molecule has 30 heavy (non-hydrogen) atoms. The highest BCUT2D eigenvalue weighted by Gasteiger charge is 2.31. The quantitative estimate of drug-likeness (QED) is 0.308. The van der Waals surface area contributed by atoms with Crippen molar-refractivity contribution in [2.75, 3.05) is 73.1 Å². The number of guanidine groups is 1. The molecule has 2 N–H and O–H groups in total. The fourth-order valence-electron chi connectivity index (χ4n) is 4.34. The summed E-state index contributed by atoms with van der Waals surface area (Å²) in [5.41, 5.74) is 0. The molecule has 8 nitrogen and oxygen atoms in total. The van der Waals surface area contributed by atoms with Gasteiger partial charge < -0.3 is 20.3 Å². The molecule has 0 saturated carbocycles. The molecule has 2 saturated heterocycles. The Labute approximate surface area is 183 Å². The second-order valence-corrected chi connectivity index (χ2v) is 8.89. The number of likely N-dealkylation sites (tertiary alicyclic amines) is 1. The zero-order valence-corrected chi connectivity index (χ0v) is 19.8. The highest BCUT2D eigenvalue weighted by Crippen LogP contribution is 2.18. The molecule has 2 unspecified atom stereocenters. The summed E-state index contributed by atoms with van der Waals surface area (Å²) in [6.45, 7) is 14.7. The lowest BCUT2D eigenvalue weighted by Crippen LogP contribution is -2.48. The minimum atomic E-state index is 0.0576. The number of morpholine rings is 1. The van der Waals surface area contributed by atoms with Crippen LogP contribution in [-0.2, 0) is 9.53 Å². The zero-order valence-electron chi connectivity index (χ0n) is 19.8. The third kappa shape index (κ3) is 7.71. The van der Waals surface area contributed by atoms with Gasteiger partial charge in [0.1, 0.15) is 0 Å². The Morgan fingerprint density at radius 3 is 2.57 bits per heavy atom. The maximum absolute atomic E-state index is 12.3. The van der Waals surface area contributed by atoms with Crippen molar-refractivity contribution in [3.63, 3.8) is 0 Å². The van der Waals surface area contributed by atoms with Crippen molar-refractivity contribution in [1.29, 1.82) is 0 Å². The minimum absolute atomic E-state index is 0.0576. The lowest BCUT2D eigenvalue weighted by Gasteiger charge is -2.36. The fraction of sp³-hybridized carbons (Fsp3) is 0.909. The molecule has 0 aliphatic carbocycles. The van der Waals surface area contributed by atoms with Crippen LogP contribution in [0.2, 0.25) is 0 Å². The summed E-state index contributed by atoms with van der Waals surface area (Å²) in [4.78, 5) is 23.8. The van der Waals surface area contributed by atoms with Crippen LogP contribution in [0, 0.1) is 5.92 Å². The lowest BCUT2D eigenvalue weighted by atomic mass is 10.0. The first-order chi connectivity index (χ1) is 14.4. The van der Waals surface area contributed by atoms with Crippen LogP contribution in [0.25, 0.3) is 0 Å². The largest absolute Gasteiger partial charge is 0.379 e. The molecule has 0 aromatic rings. The summed E-state index contributed by atoms with van der Waals surface area (Å²) in [5, 5.41) is 6.85. The number of likely N-dealkylation sites (N-methyl/N-ethyl adjacent to an activating group) is 1.